The van der Waals surface area contributed by atoms with Crippen LogP contribution in [-0.4, -0.2) is 48.8 Å². The molecule has 4 rings (SSSR count). The van der Waals surface area contributed by atoms with Crippen LogP contribution in [0.4, 0.5) is 0 Å². The van der Waals surface area contributed by atoms with E-state index in [9.17, 15) is 8.42 Å². The first-order valence-corrected chi connectivity index (χ1v) is 11.7. The van der Waals surface area contributed by atoms with Crippen molar-refractivity contribution >= 4 is 33.0 Å². The van der Waals surface area contributed by atoms with Crippen molar-refractivity contribution in [1.82, 2.24) is 14.2 Å². The normalized spacial score (nSPS) is 16.3. The van der Waals surface area contributed by atoms with Gasteiger partial charge in [-0.25, -0.2) is 13.4 Å². The van der Waals surface area contributed by atoms with Gasteiger partial charge in [0.25, 0.3) is 0 Å². The van der Waals surface area contributed by atoms with E-state index >= 15 is 0 Å². The first kappa shape index (κ1) is 19.5. The van der Waals surface area contributed by atoms with Crippen LogP contribution in [0.15, 0.2) is 64.9 Å². The van der Waals surface area contributed by atoms with E-state index in [0.717, 1.165) is 22.8 Å². The van der Waals surface area contributed by atoms with Crippen molar-refractivity contribution in [3.8, 4) is 10.6 Å². The number of hydrogen-bond donors (Lipinski definition) is 0. The van der Waals surface area contributed by atoms with Crippen molar-refractivity contribution in [1.29, 1.82) is 0 Å². The standard InChI is InChI=1S/C20H20ClN3O2S2/c21-18-8-4-5-9-19(18)28(25,26)24-12-10-23(11-13-24)14-17-15-27-20(22-17)16-6-2-1-3-7-16/h1-9,15H,10-14H2. The van der Waals surface area contributed by atoms with Crippen LogP contribution in [0.3, 0.4) is 0 Å². The van der Waals surface area contributed by atoms with Crippen molar-refractivity contribution in [2.75, 3.05) is 26.2 Å². The van der Waals surface area contributed by atoms with E-state index in [4.69, 9.17) is 16.6 Å². The molecule has 1 fully saturated rings. The van der Waals surface area contributed by atoms with E-state index in [1.165, 1.54) is 4.31 Å². The molecule has 0 radical (unpaired) electrons. The lowest BCUT2D eigenvalue weighted by atomic mass is 10.2. The SMILES string of the molecule is O=S(=O)(c1ccccc1Cl)N1CCN(Cc2csc(-c3ccccc3)n2)CC1. The molecule has 0 aliphatic carbocycles. The van der Waals surface area contributed by atoms with Crippen molar-refractivity contribution in [2.45, 2.75) is 11.4 Å². The lowest BCUT2D eigenvalue weighted by Gasteiger charge is -2.33. The molecule has 3 aromatic rings. The van der Waals surface area contributed by atoms with Gasteiger partial charge in [0.05, 0.1) is 10.7 Å². The minimum Gasteiger partial charge on any atom is -0.295 e. The maximum absolute atomic E-state index is 12.8. The highest BCUT2D eigenvalue weighted by Crippen LogP contribution is 2.26. The topological polar surface area (TPSA) is 53.5 Å². The van der Waals surface area contributed by atoms with E-state index in [-0.39, 0.29) is 9.92 Å². The van der Waals surface area contributed by atoms with Crippen molar-refractivity contribution in [3.63, 3.8) is 0 Å². The van der Waals surface area contributed by atoms with Gasteiger partial charge in [-0.2, -0.15) is 4.31 Å². The molecule has 0 saturated carbocycles. The average molecular weight is 434 g/mol. The Morgan fingerprint density at radius 3 is 2.36 bits per heavy atom. The Morgan fingerprint density at radius 1 is 0.964 bits per heavy atom. The summed E-state index contributed by atoms with van der Waals surface area (Å²) in [6, 6.07) is 16.7. The molecule has 1 saturated heterocycles. The molecule has 1 aliphatic rings. The number of piperazine rings is 1. The number of nitrogens with zero attached hydrogens (tertiary/aromatic N) is 3. The average Bonchev–Trinajstić information content (AvgIpc) is 3.18. The molecule has 0 unspecified atom stereocenters. The smallest absolute Gasteiger partial charge is 0.244 e. The summed E-state index contributed by atoms with van der Waals surface area (Å²) in [4.78, 5) is 7.15. The Bertz CT molecular complexity index is 1050. The predicted molar refractivity (Wildman–Crippen MR) is 113 cm³/mol. The molecular formula is C20H20ClN3O2S2. The summed E-state index contributed by atoms with van der Waals surface area (Å²) in [5.74, 6) is 0. The third-order valence-electron chi connectivity index (χ3n) is 4.74. The zero-order valence-electron chi connectivity index (χ0n) is 15.2. The van der Waals surface area contributed by atoms with Crippen LogP contribution in [0.5, 0.6) is 0 Å². The molecular weight excluding hydrogens is 414 g/mol. The Labute approximate surface area is 174 Å². The molecule has 0 bridgehead atoms. The number of halogens is 1. The summed E-state index contributed by atoms with van der Waals surface area (Å²) in [6.45, 7) is 2.96. The third kappa shape index (κ3) is 4.14. The summed E-state index contributed by atoms with van der Waals surface area (Å²) in [6.07, 6.45) is 0. The Kier molecular flexibility index (Phi) is 5.80. The lowest BCUT2D eigenvalue weighted by Crippen LogP contribution is -2.48. The fraction of sp³-hybridized carbons (Fsp3) is 0.250. The number of benzene rings is 2. The fourth-order valence-electron chi connectivity index (χ4n) is 3.24. The Morgan fingerprint density at radius 2 is 1.64 bits per heavy atom. The first-order chi connectivity index (χ1) is 13.5. The quantitative estimate of drug-likeness (QED) is 0.611. The highest BCUT2D eigenvalue weighted by molar-refractivity contribution is 7.89. The first-order valence-electron chi connectivity index (χ1n) is 9.01. The second-order valence-electron chi connectivity index (χ2n) is 6.62. The van der Waals surface area contributed by atoms with Gasteiger partial charge in [0, 0.05) is 43.7 Å². The number of rotatable bonds is 5. The zero-order chi connectivity index (χ0) is 19.6. The van der Waals surface area contributed by atoms with Gasteiger partial charge in [0.1, 0.15) is 9.90 Å². The van der Waals surface area contributed by atoms with Crippen molar-refractivity contribution < 1.29 is 8.42 Å². The second-order valence-corrected chi connectivity index (χ2v) is 9.79. The van der Waals surface area contributed by atoms with Crippen LogP contribution in [-0.2, 0) is 16.6 Å². The molecule has 2 heterocycles. The molecule has 0 atom stereocenters. The van der Waals surface area contributed by atoms with Crippen molar-refractivity contribution in [2.24, 2.45) is 0 Å². The van der Waals surface area contributed by atoms with E-state index in [1.54, 1.807) is 35.6 Å². The van der Waals surface area contributed by atoms with E-state index in [0.29, 0.717) is 26.2 Å². The highest BCUT2D eigenvalue weighted by Gasteiger charge is 2.30. The number of thiazole rings is 1. The van der Waals surface area contributed by atoms with Gasteiger partial charge in [-0.1, -0.05) is 54.1 Å². The molecule has 0 N–H and O–H groups in total. The van der Waals surface area contributed by atoms with Gasteiger partial charge in [0.15, 0.2) is 0 Å². The van der Waals surface area contributed by atoms with Crippen LogP contribution >= 0.6 is 22.9 Å². The van der Waals surface area contributed by atoms with Crippen molar-refractivity contribution in [3.05, 3.63) is 70.7 Å². The van der Waals surface area contributed by atoms with Crippen LogP contribution in [0, 0.1) is 0 Å². The molecule has 0 spiro atoms. The summed E-state index contributed by atoms with van der Waals surface area (Å²) in [5, 5.41) is 3.35. The van der Waals surface area contributed by atoms with Crippen LogP contribution in [0.25, 0.3) is 10.6 Å². The van der Waals surface area contributed by atoms with Crippen LogP contribution < -0.4 is 0 Å². The van der Waals surface area contributed by atoms with E-state index in [1.807, 2.05) is 18.2 Å². The van der Waals surface area contributed by atoms with Gasteiger partial charge in [-0.15, -0.1) is 11.3 Å². The highest BCUT2D eigenvalue weighted by atomic mass is 35.5. The monoisotopic (exact) mass is 433 g/mol. The molecule has 5 nitrogen and oxygen atoms in total. The minimum atomic E-state index is -3.56. The van der Waals surface area contributed by atoms with Gasteiger partial charge in [-0.05, 0) is 12.1 Å². The molecule has 8 heteroatoms. The largest absolute Gasteiger partial charge is 0.295 e. The predicted octanol–water partition coefficient (Wildman–Crippen LogP) is 3.97. The number of sulfonamides is 1. The maximum Gasteiger partial charge on any atom is 0.244 e. The lowest BCUT2D eigenvalue weighted by molar-refractivity contribution is 0.180. The van der Waals surface area contributed by atoms with Gasteiger partial charge >= 0.3 is 0 Å². The molecule has 146 valence electrons. The van der Waals surface area contributed by atoms with Gasteiger partial charge in [-0.3, -0.25) is 4.90 Å². The van der Waals surface area contributed by atoms with Crippen LogP contribution in [0.2, 0.25) is 5.02 Å². The molecule has 1 aliphatic heterocycles. The maximum atomic E-state index is 12.8. The minimum absolute atomic E-state index is 0.178. The molecule has 28 heavy (non-hydrogen) atoms. The number of hydrogen-bond acceptors (Lipinski definition) is 5. The summed E-state index contributed by atoms with van der Waals surface area (Å²) < 4.78 is 27.2. The molecule has 2 aromatic carbocycles. The molecule has 0 amide bonds. The van der Waals surface area contributed by atoms with E-state index < -0.39 is 10.0 Å². The molecule has 1 aromatic heterocycles. The van der Waals surface area contributed by atoms with Gasteiger partial charge in [0.2, 0.25) is 10.0 Å². The third-order valence-corrected chi connectivity index (χ3v) is 8.08. The summed E-state index contributed by atoms with van der Waals surface area (Å²) in [7, 11) is -3.56. The van der Waals surface area contributed by atoms with Gasteiger partial charge < -0.3 is 0 Å². The Balaban J connectivity index is 1.39. The second kappa shape index (κ2) is 8.31. The Hall–Kier alpha value is -1.77. The van der Waals surface area contributed by atoms with Crippen LogP contribution in [0.1, 0.15) is 5.69 Å². The number of aromatic nitrogens is 1. The summed E-state index contributed by atoms with van der Waals surface area (Å²) in [5.41, 5.74) is 2.14. The zero-order valence-corrected chi connectivity index (χ0v) is 17.6. The van der Waals surface area contributed by atoms with E-state index in [2.05, 4.69) is 22.4 Å². The fourth-order valence-corrected chi connectivity index (χ4v) is 5.98. The summed E-state index contributed by atoms with van der Waals surface area (Å²) >= 11 is 7.73.